The molecule has 1 aromatic rings. The van der Waals surface area contributed by atoms with Gasteiger partial charge in [-0.1, -0.05) is 32.1 Å². The third-order valence-corrected chi connectivity index (χ3v) is 8.86. The fourth-order valence-corrected chi connectivity index (χ4v) is 6.75. The second kappa shape index (κ2) is 9.63. The van der Waals surface area contributed by atoms with Gasteiger partial charge in [-0.25, -0.2) is 4.98 Å². The van der Waals surface area contributed by atoms with E-state index in [1.807, 2.05) is 9.80 Å². The molecule has 4 aliphatic rings. The summed E-state index contributed by atoms with van der Waals surface area (Å²) in [6.45, 7) is 6.65. The maximum atomic E-state index is 14.0. The lowest BCUT2D eigenvalue weighted by Gasteiger charge is -2.41. The van der Waals surface area contributed by atoms with E-state index in [9.17, 15) is 18.0 Å². The molecule has 0 unspecified atom stereocenters. The Kier molecular flexibility index (Phi) is 6.83. The van der Waals surface area contributed by atoms with Crippen LogP contribution in [0.5, 0.6) is 0 Å². The summed E-state index contributed by atoms with van der Waals surface area (Å²) in [6.07, 6.45) is 3.52. The van der Waals surface area contributed by atoms with E-state index in [2.05, 4.69) is 31.0 Å². The number of carbonyl (C=O) groups is 1. The van der Waals surface area contributed by atoms with Crippen LogP contribution in [-0.4, -0.2) is 67.4 Å². The first-order valence-electron chi connectivity index (χ1n) is 13.0. The second-order valence-corrected chi connectivity index (χ2v) is 11.2. The number of hydrogen-bond acceptors (Lipinski definition) is 5. The highest BCUT2D eigenvalue weighted by molar-refractivity contribution is 5.86. The molecule has 3 fully saturated rings. The van der Waals surface area contributed by atoms with Gasteiger partial charge in [0.25, 0.3) is 0 Å². The van der Waals surface area contributed by atoms with Gasteiger partial charge in [0.05, 0.1) is 30.2 Å². The summed E-state index contributed by atoms with van der Waals surface area (Å²) < 4.78 is 50.7. The molecule has 0 aromatic carbocycles. The van der Waals surface area contributed by atoms with Crippen LogP contribution in [0.2, 0.25) is 0 Å². The molecule has 1 aromatic heterocycles. The van der Waals surface area contributed by atoms with Gasteiger partial charge in [-0.3, -0.25) is 4.79 Å². The first kappa shape index (κ1) is 25.5. The third-order valence-electron chi connectivity index (χ3n) is 8.86. The van der Waals surface area contributed by atoms with E-state index in [0.717, 1.165) is 38.4 Å². The molecule has 1 aliphatic carbocycles. The molecule has 0 N–H and O–H groups in total. The number of aromatic nitrogens is 1. The predicted molar refractivity (Wildman–Crippen MR) is 129 cm³/mol. The Morgan fingerprint density at radius 1 is 1.28 bits per heavy atom. The molecule has 2 bridgehead atoms. The van der Waals surface area contributed by atoms with Gasteiger partial charge in [-0.15, -0.1) is 0 Å². The van der Waals surface area contributed by atoms with Crippen molar-refractivity contribution >= 4 is 11.7 Å². The zero-order chi connectivity index (χ0) is 25.7. The fourth-order valence-electron chi connectivity index (χ4n) is 6.75. The van der Waals surface area contributed by atoms with Crippen molar-refractivity contribution in [1.29, 1.82) is 0 Å². The van der Waals surface area contributed by atoms with Crippen LogP contribution in [0.4, 0.5) is 19.0 Å². The van der Waals surface area contributed by atoms with Gasteiger partial charge < -0.3 is 19.3 Å². The number of hydrogen-bond donors (Lipinski definition) is 0. The number of methoxy groups -OCH3 is 1. The van der Waals surface area contributed by atoms with E-state index in [0.29, 0.717) is 37.4 Å². The van der Waals surface area contributed by atoms with Crippen molar-refractivity contribution < 1.29 is 27.4 Å². The molecule has 0 radical (unpaired) electrons. The van der Waals surface area contributed by atoms with E-state index in [4.69, 9.17) is 9.47 Å². The number of anilines is 1. The molecule has 5 rings (SSSR count). The van der Waals surface area contributed by atoms with Crippen LogP contribution in [0.15, 0.2) is 30.4 Å². The van der Waals surface area contributed by atoms with Crippen LogP contribution in [0.3, 0.4) is 0 Å². The monoisotopic (exact) mass is 507 g/mol. The van der Waals surface area contributed by atoms with E-state index < -0.39 is 17.3 Å². The molecular weight excluding hydrogens is 471 g/mol. The Bertz CT molecular complexity index is 1000. The molecule has 3 saturated heterocycles. The summed E-state index contributed by atoms with van der Waals surface area (Å²) in [7, 11) is 1.74. The fraction of sp³-hybridized carbons (Fsp3) is 0.704. The summed E-state index contributed by atoms with van der Waals surface area (Å²) in [5, 5.41) is 0. The highest BCUT2D eigenvalue weighted by atomic mass is 19.4. The van der Waals surface area contributed by atoms with Crippen LogP contribution in [0, 0.1) is 23.2 Å². The number of allylic oxidation sites excluding steroid dienone is 1. The van der Waals surface area contributed by atoms with E-state index in [-0.39, 0.29) is 30.0 Å². The molecule has 9 heteroatoms. The zero-order valence-corrected chi connectivity index (χ0v) is 21.2. The molecular formula is C27H36F3N3O3. The van der Waals surface area contributed by atoms with E-state index >= 15 is 0 Å². The topological polar surface area (TPSA) is 54.9 Å². The standard InChI is InChI=1S/C27H36F3N3O3/c1-17(2)26(9-7-18(13-26)11-19-8-10-36-16-22(19)35-3)25(34)33-15-20-12-21(33)14-32(20)24-6-4-5-23(31-24)27(28,29)30/h4-7,9,17-22H,8,10-16H2,1-3H3/t18-,19+,20-,21-,22+,26-/m0/s1. The first-order chi connectivity index (χ1) is 17.1. The summed E-state index contributed by atoms with van der Waals surface area (Å²) in [5.41, 5.74) is -1.42. The third kappa shape index (κ3) is 4.53. The molecule has 6 nitrogen and oxygen atoms in total. The van der Waals surface area contributed by atoms with Crippen molar-refractivity contribution in [2.75, 3.05) is 38.3 Å². The van der Waals surface area contributed by atoms with Crippen LogP contribution in [0.25, 0.3) is 0 Å². The van der Waals surface area contributed by atoms with Gasteiger partial charge in [0.1, 0.15) is 11.5 Å². The van der Waals surface area contributed by atoms with Gasteiger partial charge >= 0.3 is 6.18 Å². The van der Waals surface area contributed by atoms with Crippen LogP contribution in [-0.2, 0) is 20.4 Å². The second-order valence-electron chi connectivity index (χ2n) is 11.2. The summed E-state index contributed by atoms with van der Waals surface area (Å²) in [4.78, 5) is 21.8. The van der Waals surface area contributed by atoms with Gasteiger partial charge in [0.2, 0.25) is 5.91 Å². The minimum absolute atomic E-state index is 0.00437. The minimum atomic E-state index is -4.47. The SMILES string of the molecule is CO[C@@H]1COCC[C@@H]1C[C@@H]1C=C[C@@](C(=O)N2C[C@@H]3C[C@H]2CN3c2cccc(C(F)(F)F)n2)(C(C)C)C1. The maximum Gasteiger partial charge on any atom is 0.433 e. The Hall–Kier alpha value is -2.13. The Labute approximate surface area is 210 Å². The van der Waals surface area contributed by atoms with Crippen molar-refractivity contribution in [3.63, 3.8) is 0 Å². The van der Waals surface area contributed by atoms with Gasteiger partial charge in [0.15, 0.2) is 0 Å². The van der Waals surface area contributed by atoms with Gasteiger partial charge in [-0.05, 0) is 55.6 Å². The smallest absolute Gasteiger partial charge is 0.379 e. The number of likely N-dealkylation sites (tertiary alicyclic amines) is 1. The Balaban J connectivity index is 1.26. The molecule has 3 aliphatic heterocycles. The number of fused-ring (bicyclic) bond motifs is 2. The van der Waals surface area contributed by atoms with Crippen LogP contribution >= 0.6 is 0 Å². The molecule has 0 saturated carbocycles. The molecule has 198 valence electrons. The minimum Gasteiger partial charge on any atom is -0.379 e. The highest BCUT2D eigenvalue weighted by Gasteiger charge is 2.53. The Morgan fingerprint density at radius 2 is 2.08 bits per heavy atom. The first-order valence-corrected chi connectivity index (χ1v) is 13.0. The maximum absolute atomic E-state index is 14.0. The van der Waals surface area contributed by atoms with Crippen molar-refractivity contribution in [1.82, 2.24) is 9.88 Å². The zero-order valence-electron chi connectivity index (χ0n) is 21.2. The number of pyridine rings is 1. The lowest BCUT2D eigenvalue weighted by molar-refractivity contribution is -0.143. The lowest BCUT2D eigenvalue weighted by atomic mass is 9.72. The molecule has 0 spiro atoms. The normalized spacial score (nSPS) is 34.2. The van der Waals surface area contributed by atoms with Gasteiger partial charge in [-0.2, -0.15) is 13.2 Å². The average molecular weight is 508 g/mol. The number of alkyl halides is 3. The average Bonchev–Trinajstić information content (AvgIpc) is 3.58. The predicted octanol–water partition coefficient (Wildman–Crippen LogP) is 4.55. The lowest BCUT2D eigenvalue weighted by Crippen LogP contribution is -2.54. The van der Waals surface area contributed by atoms with Crippen LogP contribution in [0.1, 0.15) is 45.2 Å². The van der Waals surface area contributed by atoms with E-state index in [1.54, 1.807) is 13.2 Å². The number of nitrogens with zero attached hydrogens (tertiary/aromatic N) is 3. The molecule has 6 atom stereocenters. The largest absolute Gasteiger partial charge is 0.433 e. The summed E-state index contributed by atoms with van der Waals surface area (Å²) in [6, 6.07) is 4.02. The molecule has 36 heavy (non-hydrogen) atoms. The number of rotatable bonds is 6. The number of ether oxygens (including phenoxy) is 2. The summed E-state index contributed by atoms with van der Waals surface area (Å²) in [5.74, 6) is 1.40. The van der Waals surface area contributed by atoms with Gasteiger partial charge in [0, 0.05) is 26.8 Å². The molecule has 1 amide bonds. The Morgan fingerprint density at radius 3 is 2.75 bits per heavy atom. The quantitative estimate of drug-likeness (QED) is 0.529. The number of amides is 1. The van der Waals surface area contributed by atoms with Crippen molar-refractivity contribution in [3.05, 3.63) is 36.0 Å². The number of piperazine rings is 1. The highest BCUT2D eigenvalue weighted by Crippen LogP contribution is 2.48. The molecule has 4 heterocycles. The van der Waals surface area contributed by atoms with Crippen LogP contribution < -0.4 is 4.90 Å². The van der Waals surface area contributed by atoms with Crippen molar-refractivity contribution in [2.24, 2.45) is 23.2 Å². The van der Waals surface area contributed by atoms with E-state index in [1.165, 1.54) is 6.07 Å². The van der Waals surface area contributed by atoms with Crippen molar-refractivity contribution in [2.45, 2.75) is 63.9 Å². The number of halogens is 3. The number of carbonyl (C=O) groups excluding carboxylic acids is 1. The van der Waals surface area contributed by atoms with Crippen molar-refractivity contribution in [3.8, 4) is 0 Å². The summed E-state index contributed by atoms with van der Waals surface area (Å²) >= 11 is 0.